The van der Waals surface area contributed by atoms with Gasteiger partial charge in [-0.05, 0) is 73.0 Å². The molecule has 6 heteroatoms. The predicted octanol–water partition coefficient (Wildman–Crippen LogP) is 4.23. The second kappa shape index (κ2) is 13.1. The Balaban J connectivity index is 1.69. The van der Waals surface area contributed by atoms with Crippen LogP contribution >= 0.6 is 0 Å². The Morgan fingerprint density at radius 3 is 2.46 bits per heavy atom. The molecule has 0 radical (unpaired) electrons. The summed E-state index contributed by atoms with van der Waals surface area (Å²) in [4.78, 5) is 16.4. The molecule has 1 heterocycles. The van der Waals surface area contributed by atoms with E-state index in [9.17, 15) is 15.0 Å². The molecular formula is C29H42N2O4. The lowest BCUT2D eigenvalue weighted by molar-refractivity contribution is -0.0163. The first-order valence-corrected chi connectivity index (χ1v) is 12.9. The Morgan fingerprint density at radius 2 is 1.77 bits per heavy atom. The number of fused-ring (bicyclic) bond motifs is 1. The number of aryl methyl sites for hydroxylation is 1. The van der Waals surface area contributed by atoms with E-state index in [0.29, 0.717) is 23.7 Å². The first-order chi connectivity index (χ1) is 16.7. The van der Waals surface area contributed by atoms with Gasteiger partial charge in [-0.3, -0.25) is 9.69 Å². The van der Waals surface area contributed by atoms with Crippen molar-refractivity contribution in [3.05, 3.63) is 64.7 Å². The molecule has 1 aliphatic rings. The molecule has 0 saturated heterocycles. The Bertz CT molecular complexity index is 942. The number of carbonyl (C=O) groups excluding carboxylic acids is 1. The highest BCUT2D eigenvalue weighted by Gasteiger charge is 2.20. The summed E-state index contributed by atoms with van der Waals surface area (Å²) in [6.45, 7) is 6.91. The Morgan fingerprint density at radius 1 is 1.03 bits per heavy atom. The van der Waals surface area contributed by atoms with Crippen molar-refractivity contribution in [1.82, 2.24) is 9.80 Å². The van der Waals surface area contributed by atoms with Gasteiger partial charge in [-0.25, -0.2) is 0 Å². The number of carbonyl (C=O) groups is 1. The van der Waals surface area contributed by atoms with Gasteiger partial charge in [0, 0.05) is 32.7 Å². The topological polar surface area (TPSA) is 73.2 Å². The highest BCUT2D eigenvalue weighted by atomic mass is 16.5. The number of hydrogen-bond acceptors (Lipinski definition) is 5. The quantitative estimate of drug-likeness (QED) is 0.682. The number of hydrogen-bond donors (Lipinski definition) is 2. The van der Waals surface area contributed by atoms with Gasteiger partial charge in [0.05, 0.1) is 6.10 Å². The average molecular weight is 483 g/mol. The molecule has 192 valence electrons. The predicted molar refractivity (Wildman–Crippen MR) is 140 cm³/mol. The lowest BCUT2D eigenvalue weighted by atomic mass is 10.0. The van der Waals surface area contributed by atoms with Gasteiger partial charge < -0.3 is 19.8 Å². The molecule has 3 rings (SSSR count). The van der Waals surface area contributed by atoms with Crippen molar-refractivity contribution in [2.75, 3.05) is 33.8 Å². The SMILES string of the molecule is CC(C)c1ccc(CN2CCCCCc3cc(C(=O)N(C)C)ccc3OC[C@@H](O)[C@@H](O)CC2)cc1. The summed E-state index contributed by atoms with van der Waals surface area (Å²) in [7, 11) is 3.49. The first kappa shape index (κ1) is 27.2. The standard InChI is InChI=1S/C29H42N2O4/c1-21(2)23-11-9-22(10-12-23)19-31-16-7-5-6-8-24-18-25(29(34)30(3)4)13-14-28(24)35-20-27(33)26(32)15-17-31/h9-14,18,21,26-27,32-33H,5-8,15-17,19-20H2,1-4H3/t26-,27+/m0/s1. The lowest BCUT2D eigenvalue weighted by Crippen LogP contribution is -2.36. The lowest BCUT2D eigenvalue weighted by Gasteiger charge is -2.26. The van der Waals surface area contributed by atoms with Crippen molar-refractivity contribution >= 4 is 5.91 Å². The summed E-state index contributed by atoms with van der Waals surface area (Å²) < 4.78 is 5.91. The van der Waals surface area contributed by atoms with Crippen molar-refractivity contribution in [1.29, 1.82) is 0 Å². The maximum Gasteiger partial charge on any atom is 0.253 e. The molecule has 0 unspecified atom stereocenters. The summed E-state index contributed by atoms with van der Waals surface area (Å²) in [5.74, 6) is 1.15. The van der Waals surface area contributed by atoms with Gasteiger partial charge in [0.2, 0.25) is 0 Å². The van der Waals surface area contributed by atoms with Crippen molar-refractivity contribution in [3.8, 4) is 5.75 Å². The van der Waals surface area contributed by atoms with Crippen LogP contribution in [-0.2, 0) is 13.0 Å². The average Bonchev–Trinajstić information content (AvgIpc) is 2.84. The molecule has 2 N–H and O–H groups in total. The van der Waals surface area contributed by atoms with E-state index >= 15 is 0 Å². The molecule has 0 saturated carbocycles. The van der Waals surface area contributed by atoms with E-state index in [4.69, 9.17) is 4.74 Å². The van der Waals surface area contributed by atoms with E-state index in [1.807, 2.05) is 12.1 Å². The molecule has 2 atom stereocenters. The van der Waals surface area contributed by atoms with Gasteiger partial charge in [0.1, 0.15) is 18.5 Å². The number of amides is 1. The fourth-order valence-electron chi connectivity index (χ4n) is 4.46. The summed E-state index contributed by atoms with van der Waals surface area (Å²) in [5.41, 5.74) is 4.21. The van der Waals surface area contributed by atoms with Gasteiger partial charge in [0.15, 0.2) is 0 Å². The fourth-order valence-corrected chi connectivity index (χ4v) is 4.46. The minimum absolute atomic E-state index is 0.0196. The van der Waals surface area contributed by atoms with E-state index in [1.54, 1.807) is 25.1 Å². The highest BCUT2D eigenvalue weighted by Crippen LogP contribution is 2.24. The van der Waals surface area contributed by atoms with Crippen LogP contribution in [0.5, 0.6) is 5.75 Å². The zero-order valence-electron chi connectivity index (χ0n) is 21.7. The Labute approximate surface area is 210 Å². The number of ether oxygens (including phenoxy) is 1. The minimum atomic E-state index is -0.971. The number of aliphatic hydroxyl groups excluding tert-OH is 2. The monoisotopic (exact) mass is 482 g/mol. The normalized spacial score (nSPS) is 20.5. The van der Waals surface area contributed by atoms with Crippen LogP contribution in [-0.4, -0.2) is 71.9 Å². The molecule has 0 aliphatic carbocycles. The summed E-state index contributed by atoms with van der Waals surface area (Å²) >= 11 is 0. The maximum absolute atomic E-state index is 12.4. The van der Waals surface area contributed by atoms with E-state index in [-0.39, 0.29) is 12.5 Å². The molecule has 35 heavy (non-hydrogen) atoms. The molecule has 1 amide bonds. The smallest absolute Gasteiger partial charge is 0.253 e. The number of rotatable bonds is 4. The minimum Gasteiger partial charge on any atom is -0.491 e. The van der Waals surface area contributed by atoms with Crippen LogP contribution in [0.2, 0.25) is 0 Å². The fraction of sp³-hybridized carbons (Fsp3) is 0.552. The number of benzene rings is 2. The number of nitrogens with zero attached hydrogens (tertiary/aromatic N) is 2. The molecule has 1 aliphatic heterocycles. The highest BCUT2D eigenvalue weighted by molar-refractivity contribution is 5.94. The molecule has 0 aromatic heterocycles. The van der Waals surface area contributed by atoms with Crippen LogP contribution in [0, 0.1) is 0 Å². The van der Waals surface area contributed by atoms with Crippen LogP contribution < -0.4 is 4.74 Å². The first-order valence-electron chi connectivity index (χ1n) is 12.9. The third-order valence-electron chi connectivity index (χ3n) is 6.78. The third kappa shape index (κ3) is 8.06. The van der Waals surface area contributed by atoms with E-state index in [1.165, 1.54) is 11.1 Å². The molecule has 6 nitrogen and oxygen atoms in total. The Kier molecular flexibility index (Phi) is 10.1. The van der Waals surface area contributed by atoms with Crippen LogP contribution in [0.3, 0.4) is 0 Å². The largest absolute Gasteiger partial charge is 0.491 e. The molecule has 0 bridgehead atoms. The summed E-state index contributed by atoms with van der Waals surface area (Å²) in [6, 6.07) is 14.3. The van der Waals surface area contributed by atoms with Crippen molar-refractivity contribution in [2.45, 2.75) is 70.6 Å². The van der Waals surface area contributed by atoms with Gasteiger partial charge >= 0.3 is 0 Å². The van der Waals surface area contributed by atoms with Crippen LogP contribution in [0.25, 0.3) is 0 Å². The molecular weight excluding hydrogens is 440 g/mol. The van der Waals surface area contributed by atoms with Crippen molar-refractivity contribution in [3.63, 3.8) is 0 Å². The zero-order chi connectivity index (χ0) is 25.4. The summed E-state index contributed by atoms with van der Waals surface area (Å²) in [6.07, 6.45) is 2.58. The second-order valence-electron chi connectivity index (χ2n) is 10.2. The molecule has 0 spiro atoms. The Hall–Kier alpha value is -2.41. The third-order valence-corrected chi connectivity index (χ3v) is 6.78. The van der Waals surface area contributed by atoms with Gasteiger partial charge in [-0.2, -0.15) is 0 Å². The maximum atomic E-state index is 12.4. The van der Waals surface area contributed by atoms with E-state index in [2.05, 4.69) is 43.0 Å². The molecule has 0 fully saturated rings. The zero-order valence-corrected chi connectivity index (χ0v) is 21.7. The van der Waals surface area contributed by atoms with E-state index in [0.717, 1.165) is 50.9 Å². The summed E-state index contributed by atoms with van der Waals surface area (Å²) in [5, 5.41) is 21.1. The van der Waals surface area contributed by atoms with Crippen molar-refractivity contribution in [2.24, 2.45) is 0 Å². The van der Waals surface area contributed by atoms with E-state index < -0.39 is 12.2 Å². The van der Waals surface area contributed by atoms with Gasteiger partial charge in [0.25, 0.3) is 5.91 Å². The van der Waals surface area contributed by atoms with Gasteiger partial charge in [-0.15, -0.1) is 0 Å². The second-order valence-corrected chi connectivity index (χ2v) is 10.2. The van der Waals surface area contributed by atoms with Crippen LogP contribution in [0.1, 0.15) is 72.5 Å². The molecule has 2 aromatic carbocycles. The van der Waals surface area contributed by atoms with Crippen LogP contribution in [0.4, 0.5) is 0 Å². The molecule has 2 aromatic rings. The van der Waals surface area contributed by atoms with Crippen LogP contribution in [0.15, 0.2) is 42.5 Å². The van der Waals surface area contributed by atoms with Crippen molar-refractivity contribution < 1.29 is 19.7 Å². The van der Waals surface area contributed by atoms with Gasteiger partial charge in [-0.1, -0.05) is 44.5 Å². The number of aliphatic hydroxyl groups is 2.